The van der Waals surface area contributed by atoms with E-state index in [9.17, 15) is 14.4 Å². The number of pyridine rings is 1. The van der Waals surface area contributed by atoms with E-state index in [0.29, 0.717) is 38.2 Å². The van der Waals surface area contributed by atoms with Crippen molar-refractivity contribution in [2.75, 3.05) is 19.6 Å². The Morgan fingerprint density at radius 3 is 2.56 bits per heavy atom. The van der Waals surface area contributed by atoms with Crippen molar-refractivity contribution in [3.63, 3.8) is 0 Å². The third-order valence-electron chi connectivity index (χ3n) is 8.19. The van der Waals surface area contributed by atoms with Crippen LogP contribution in [0.4, 0.5) is 0 Å². The van der Waals surface area contributed by atoms with Crippen molar-refractivity contribution in [2.24, 2.45) is 11.3 Å². The van der Waals surface area contributed by atoms with Crippen LogP contribution in [0.15, 0.2) is 54.9 Å². The molecule has 1 aliphatic rings. The van der Waals surface area contributed by atoms with Gasteiger partial charge in [0, 0.05) is 44.0 Å². The van der Waals surface area contributed by atoms with Crippen LogP contribution in [0.1, 0.15) is 75.5 Å². The zero-order chi connectivity index (χ0) is 29.7. The highest BCUT2D eigenvalue weighted by molar-refractivity contribution is 5.93. The molecule has 1 aromatic carbocycles. The molecular formula is C33H45N5O3. The van der Waals surface area contributed by atoms with Crippen molar-refractivity contribution in [3.05, 3.63) is 71.7 Å². The first-order valence-electron chi connectivity index (χ1n) is 14.9. The second kappa shape index (κ2) is 12.9. The lowest BCUT2D eigenvalue weighted by Gasteiger charge is -2.37. The van der Waals surface area contributed by atoms with Crippen molar-refractivity contribution >= 4 is 23.4 Å². The fourth-order valence-corrected chi connectivity index (χ4v) is 5.39. The fourth-order valence-electron chi connectivity index (χ4n) is 5.39. The molecule has 0 radical (unpaired) electrons. The van der Waals surface area contributed by atoms with Gasteiger partial charge < -0.3 is 19.5 Å². The molecule has 4 rings (SSSR count). The Morgan fingerprint density at radius 1 is 1.15 bits per heavy atom. The van der Waals surface area contributed by atoms with Gasteiger partial charge in [-0.15, -0.1) is 0 Å². The minimum absolute atomic E-state index is 0.0738. The van der Waals surface area contributed by atoms with E-state index in [1.807, 2.05) is 92.3 Å². The van der Waals surface area contributed by atoms with Crippen molar-refractivity contribution in [1.29, 1.82) is 0 Å². The van der Waals surface area contributed by atoms with Crippen LogP contribution in [0.3, 0.4) is 0 Å². The lowest BCUT2D eigenvalue weighted by molar-refractivity contribution is -0.141. The Balaban J connectivity index is 1.57. The van der Waals surface area contributed by atoms with Crippen LogP contribution >= 0.6 is 0 Å². The zero-order valence-electron chi connectivity index (χ0n) is 25.4. The Morgan fingerprint density at radius 2 is 1.88 bits per heavy atom. The van der Waals surface area contributed by atoms with Gasteiger partial charge in [-0.1, -0.05) is 65.0 Å². The maximum absolute atomic E-state index is 14.0. The average molecular weight is 560 g/mol. The first-order valence-corrected chi connectivity index (χ1v) is 14.9. The minimum Gasteiger partial charge on any atom is -0.344 e. The highest BCUT2D eigenvalue weighted by atomic mass is 16.2. The topological polar surface area (TPSA) is 87.0 Å². The molecule has 3 heterocycles. The summed E-state index contributed by atoms with van der Waals surface area (Å²) in [6.07, 6.45) is 6.78. The van der Waals surface area contributed by atoms with Gasteiger partial charge in [0.2, 0.25) is 11.8 Å². The molecule has 0 spiro atoms. The largest absolute Gasteiger partial charge is 0.344 e. The predicted octanol–water partition coefficient (Wildman–Crippen LogP) is 4.90. The smallest absolute Gasteiger partial charge is 0.274 e. The number of aryl methyl sites for hydroxylation is 1. The van der Waals surface area contributed by atoms with Gasteiger partial charge in [0.25, 0.3) is 5.91 Å². The summed E-state index contributed by atoms with van der Waals surface area (Å²) >= 11 is 0. The van der Waals surface area contributed by atoms with Gasteiger partial charge in [-0.2, -0.15) is 0 Å². The van der Waals surface area contributed by atoms with E-state index in [4.69, 9.17) is 0 Å². The maximum Gasteiger partial charge on any atom is 0.274 e. The molecule has 1 N–H and O–H groups in total. The van der Waals surface area contributed by atoms with E-state index in [-0.39, 0.29) is 29.7 Å². The molecule has 8 nitrogen and oxygen atoms in total. The van der Waals surface area contributed by atoms with E-state index >= 15 is 0 Å². The second-order valence-electron chi connectivity index (χ2n) is 12.5. The van der Waals surface area contributed by atoms with Crippen molar-refractivity contribution in [3.8, 4) is 0 Å². The summed E-state index contributed by atoms with van der Waals surface area (Å²) in [5, 5.41) is 3.05. The standard InChI is InChI=1S/C33H45N5O3/c1-7-24(3)30(39)35-29(33(4,5)6)32(41)38-17-11-14-26(38)21-37(19-16-25-12-9-8-10-13-25)31(40)27-22-36-18-15-23(2)20-28(36)34-27/h8-10,12-13,15,18,20,22,24,26,29H,7,11,14,16-17,19,21H2,1-6H3,(H,35,39)/t24-,26+,29-/m1/s1. The number of benzene rings is 1. The SMILES string of the molecule is CC[C@@H](C)C(=O)N[C@H](C(=O)N1CCC[C@H]1CN(CCc1ccccc1)C(=O)c1cn2ccc(C)cc2n1)C(C)(C)C. The number of hydrogen-bond acceptors (Lipinski definition) is 4. The lowest BCUT2D eigenvalue weighted by atomic mass is 9.85. The number of imidazole rings is 1. The summed E-state index contributed by atoms with van der Waals surface area (Å²) < 4.78 is 1.87. The summed E-state index contributed by atoms with van der Waals surface area (Å²) in [5.41, 5.74) is 2.91. The predicted molar refractivity (Wildman–Crippen MR) is 162 cm³/mol. The highest BCUT2D eigenvalue weighted by Crippen LogP contribution is 2.27. The van der Waals surface area contributed by atoms with E-state index in [1.165, 1.54) is 0 Å². The monoisotopic (exact) mass is 559 g/mol. The van der Waals surface area contributed by atoms with Gasteiger partial charge >= 0.3 is 0 Å². The molecule has 3 atom stereocenters. The molecule has 0 aliphatic carbocycles. The molecule has 0 unspecified atom stereocenters. The summed E-state index contributed by atoms with van der Waals surface area (Å²) in [6, 6.07) is 13.3. The van der Waals surface area contributed by atoms with Gasteiger partial charge in [0.15, 0.2) is 0 Å². The van der Waals surface area contributed by atoms with Crippen LogP contribution < -0.4 is 5.32 Å². The van der Waals surface area contributed by atoms with E-state index < -0.39 is 11.5 Å². The Kier molecular flexibility index (Phi) is 9.51. The quantitative estimate of drug-likeness (QED) is 0.383. The number of carbonyl (C=O) groups is 3. The summed E-state index contributed by atoms with van der Waals surface area (Å²) in [5.74, 6) is -0.477. The van der Waals surface area contributed by atoms with Crippen LogP contribution in [0.2, 0.25) is 0 Å². The van der Waals surface area contributed by atoms with E-state index in [2.05, 4.69) is 22.4 Å². The normalized spacial score (nSPS) is 16.9. The van der Waals surface area contributed by atoms with Crippen LogP contribution in [-0.4, -0.2) is 68.6 Å². The average Bonchev–Trinajstić information content (AvgIpc) is 3.59. The van der Waals surface area contributed by atoms with Crippen molar-refractivity contribution < 1.29 is 14.4 Å². The van der Waals surface area contributed by atoms with Crippen molar-refractivity contribution in [2.45, 2.75) is 79.3 Å². The lowest BCUT2D eigenvalue weighted by Crippen LogP contribution is -2.57. The van der Waals surface area contributed by atoms with Crippen molar-refractivity contribution in [1.82, 2.24) is 24.5 Å². The molecule has 3 aromatic rings. The van der Waals surface area contributed by atoms with Gasteiger partial charge in [-0.3, -0.25) is 14.4 Å². The van der Waals surface area contributed by atoms with Gasteiger partial charge in [0.1, 0.15) is 17.4 Å². The maximum atomic E-state index is 14.0. The number of fused-ring (bicyclic) bond motifs is 1. The molecule has 1 aliphatic heterocycles. The third-order valence-corrected chi connectivity index (χ3v) is 8.19. The number of likely N-dealkylation sites (tertiary alicyclic amines) is 1. The molecule has 3 amide bonds. The summed E-state index contributed by atoms with van der Waals surface area (Å²) in [6.45, 7) is 13.4. The first-order chi connectivity index (χ1) is 19.5. The van der Waals surface area contributed by atoms with Gasteiger partial charge in [0.05, 0.1) is 0 Å². The fraction of sp³-hybridized carbons (Fsp3) is 0.515. The number of carbonyl (C=O) groups excluding carboxylic acids is 3. The minimum atomic E-state index is -0.639. The molecule has 8 heteroatoms. The molecule has 0 bridgehead atoms. The molecule has 220 valence electrons. The third kappa shape index (κ3) is 7.34. The number of nitrogens with one attached hydrogen (secondary N) is 1. The number of nitrogens with zero attached hydrogens (tertiary/aromatic N) is 4. The molecule has 41 heavy (non-hydrogen) atoms. The second-order valence-corrected chi connectivity index (χ2v) is 12.5. The first kappa shape index (κ1) is 30.3. The molecule has 1 saturated heterocycles. The molecule has 2 aromatic heterocycles. The Bertz CT molecular complexity index is 1360. The molecule has 1 fully saturated rings. The Hall–Kier alpha value is -3.68. The van der Waals surface area contributed by atoms with Crippen LogP contribution in [0.25, 0.3) is 5.65 Å². The van der Waals surface area contributed by atoms with Gasteiger partial charge in [-0.25, -0.2) is 4.98 Å². The molecular weight excluding hydrogens is 514 g/mol. The number of rotatable bonds is 10. The van der Waals surface area contributed by atoms with Crippen LogP contribution in [0, 0.1) is 18.3 Å². The zero-order valence-corrected chi connectivity index (χ0v) is 25.4. The summed E-state index contributed by atoms with van der Waals surface area (Å²) in [4.78, 5) is 49.1. The molecule has 0 saturated carbocycles. The number of hydrogen-bond donors (Lipinski definition) is 1. The highest BCUT2D eigenvalue weighted by Gasteiger charge is 2.40. The Labute approximate surface area is 244 Å². The number of aromatic nitrogens is 2. The number of amides is 3. The van der Waals surface area contributed by atoms with Gasteiger partial charge in [-0.05, 0) is 61.3 Å². The van der Waals surface area contributed by atoms with E-state index in [1.54, 1.807) is 6.20 Å². The van der Waals surface area contributed by atoms with E-state index in [0.717, 1.165) is 29.6 Å². The van der Waals surface area contributed by atoms with Crippen LogP contribution in [-0.2, 0) is 16.0 Å². The summed E-state index contributed by atoms with van der Waals surface area (Å²) in [7, 11) is 0. The van der Waals surface area contributed by atoms with Crippen LogP contribution in [0.5, 0.6) is 0 Å².